The van der Waals surface area contributed by atoms with Gasteiger partial charge in [-0.25, -0.2) is 14.4 Å². The average molecular weight is 519 g/mol. The molecule has 33 heavy (non-hydrogen) atoms. The lowest BCUT2D eigenvalue weighted by atomic mass is 9.72. The van der Waals surface area contributed by atoms with Gasteiger partial charge in [0.2, 0.25) is 0 Å². The van der Waals surface area contributed by atoms with Crippen LogP contribution >= 0.6 is 37.2 Å². The van der Waals surface area contributed by atoms with Crippen molar-refractivity contribution in [3.05, 3.63) is 46.9 Å². The SMILES string of the molecule is CC(C)NCc1cccc2c1C1(CCN(c3ncnc4c3[C@H](C)C[C@@H]4F)CC1)CN2.Cl.Cl.Cl. The summed E-state index contributed by atoms with van der Waals surface area (Å²) in [6.45, 7) is 10.3. The van der Waals surface area contributed by atoms with Crippen LogP contribution in [-0.4, -0.2) is 35.6 Å². The molecule has 0 bridgehead atoms. The lowest BCUT2D eigenvalue weighted by molar-refractivity contribution is 0.326. The van der Waals surface area contributed by atoms with E-state index in [0.717, 1.165) is 50.4 Å². The molecule has 5 rings (SSSR count). The zero-order chi connectivity index (χ0) is 20.9. The van der Waals surface area contributed by atoms with Crippen molar-refractivity contribution in [1.82, 2.24) is 15.3 Å². The van der Waals surface area contributed by atoms with E-state index in [4.69, 9.17) is 0 Å². The highest BCUT2D eigenvalue weighted by Gasteiger charge is 2.44. The first kappa shape index (κ1) is 27.9. The number of rotatable bonds is 4. The second-order valence-corrected chi connectivity index (χ2v) is 9.60. The summed E-state index contributed by atoms with van der Waals surface area (Å²) in [5.41, 5.74) is 6.03. The Balaban J connectivity index is 0.00000128. The van der Waals surface area contributed by atoms with Crippen molar-refractivity contribution >= 4 is 48.7 Å². The molecule has 1 spiro atoms. The normalized spacial score (nSPS) is 22.0. The van der Waals surface area contributed by atoms with Crippen LogP contribution in [0.5, 0.6) is 0 Å². The van der Waals surface area contributed by atoms with E-state index in [1.54, 1.807) is 6.33 Å². The molecule has 0 saturated carbocycles. The number of hydrogen-bond acceptors (Lipinski definition) is 5. The van der Waals surface area contributed by atoms with Gasteiger partial charge in [0, 0.05) is 48.9 Å². The Morgan fingerprint density at radius 3 is 2.61 bits per heavy atom. The van der Waals surface area contributed by atoms with Crippen LogP contribution in [0.2, 0.25) is 0 Å². The molecule has 3 aliphatic rings. The molecule has 3 heterocycles. The van der Waals surface area contributed by atoms with Crippen LogP contribution in [0.25, 0.3) is 0 Å². The first-order valence-electron chi connectivity index (χ1n) is 11.3. The number of halogens is 4. The van der Waals surface area contributed by atoms with E-state index in [1.165, 1.54) is 16.8 Å². The summed E-state index contributed by atoms with van der Waals surface area (Å²) in [7, 11) is 0. The fourth-order valence-electron chi connectivity index (χ4n) is 5.67. The third kappa shape index (κ3) is 4.90. The smallest absolute Gasteiger partial charge is 0.143 e. The van der Waals surface area contributed by atoms with Crippen molar-refractivity contribution in [2.24, 2.45) is 0 Å². The first-order chi connectivity index (χ1) is 14.5. The maximum Gasteiger partial charge on any atom is 0.143 e. The number of anilines is 2. The van der Waals surface area contributed by atoms with E-state index in [9.17, 15) is 4.39 Å². The van der Waals surface area contributed by atoms with Gasteiger partial charge in [-0.05, 0) is 42.4 Å². The summed E-state index contributed by atoms with van der Waals surface area (Å²) in [5.74, 6) is 1.15. The number of hydrogen-bond donors (Lipinski definition) is 2. The fourth-order valence-corrected chi connectivity index (χ4v) is 5.67. The van der Waals surface area contributed by atoms with Gasteiger partial charge in [-0.3, -0.25) is 0 Å². The largest absolute Gasteiger partial charge is 0.384 e. The van der Waals surface area contributed by atoms with Gasteiger partial charge >= 0.3 is 0 Å². The zero-order valence-electron chi connectivity index (χ0n) is 19.4. The number of benzene rings is 1. The van der Waals surface area contributed by atoms with Crippen LogP contribution in [0, 0.1) is 0 Å². The number of fused-ring (bicyclic) bond motifs is 3. The minimum absolute atomic E-state index is 0. The Morgan fingerprint density at radius 1 is 1.18 bits per heavy atom. The lowest BCUT2D eigenvalue weighted by Gasteiger charge is -2.41. The topological polar surface area (TPSA) is 53.1 Å². The first-order valence-corrected chi connectivity index (χ1v) is 11.3. The van der Waals surface area contributed by atoms with Crippen molar-refractivity contribution in [2.45, 2.75) is 70.1 Å². The molecular weight excluding hydrogens is 484 g/mol. The van der Waals surface area contributed by atoms with E-state index in [0.29, 0.717) is 18.2 Å². The quantitative estimate of drug-likeness (QED) is 0.542. The van der Waals surface area contributed by atoms with Crippen LogP contribution in [0.15, 0.2) is 24.5 Å². The van der Waals surface area contributed by atoms with Crippen LogP contribution in [0.3, 0.4) is 0 Å². The molecule has 2 N–H and O–H groups in total. The molecule has 9 heteroatoms. The summed E-state index contributed by atoms with van der Waals surface area (Å²) < 4.78 is 14.4. The van der Waals surface area contributed by atoms with Gasteiger partial charge in [0.25, 0.3) is 0 Å². The van der Waals surface area contributed by atoms with Gasteiger partial charge in [0.1, 0.15) is 18.3 Å². The maximum atomic E-state index is 14.4. The Labute approximate surface area is 215 Å². The van der Waals surface area contributed by atoms with Crippen molar-refractivity contribution in [2.75, 3.05) is 29.9 Å². The van der Waals surface area contributed by atoms with E-state index >= 15 is 0 Å². The average Bonchev–Trinajstić information content (AvgIpc) is 3.25. The number of alkyl halides is 1. The van der Waals surface area contributed by atoms with Crippen molar-refractivity contribution in [3.8, 4) is 0 Å². The van der Waals surface area contributed by atoms with Crippen LogP contribution in [0.1, 0.15) is 74.5 Å². The zero-order valence-corrected chi connectivity index (χ0v) is 21.9. The Hall–Kier alpha value is -1.34. The second kappa shape index (κ2) is 10.9. The molecule has 0 amide bonds. The van der Waals surface area contributed by atoms with Gasteiger partial charge in [0.05, 0.1) is 5.69 Å². The number of piperidine rings is 1. The molecule has 5 nitrogen and oxygen atoms in total. The molecule has 2 atom stereocenters. The monoisotopic (exact) mass is 517 g/mol. The van der Waals surface area contributed by atoms with Crippen molar-refractivity contribution in [1.29, 1.82) is 0 Å². The molecular formula is C24H35Cl3FN5. The highest BCUT2D eigenvalue weighted by atomic mass is 35.5. The summed E-state index contributed by atoms with van der Waals surface area (Å²) in [6.07, 6.45) is 3.29. The Morgan fingerprint density at radius 2 is 1.91 bits per heavy atom. The summed E-state index contributed by atoms with van der Waals surface area (Å²) >= 11 is 0. The van der Waals surface area contributed by atoms with Crippen molar-refractivity contribution < 1.29 is 4.39 Å². The molecule has 184 valence electrons. The van der Waals surface area contributed by atoms with Gasteiger partial charge in [-0.1, -0.05) is 32.9 Å². The van der Waals surface area contributed by atoms with Gasteiger partial charge in [-0.2, -0.15) is 0 Å². The predicted octanol–water partition coefficient (Wildman–Crippen LogP) is 5.72. The lowest BCUT2D eigenvalue weighted by Crippen LogP contribution is -2.45. The third-order valence-corrected chi connectivity index (χ3v) is 7.26. The molecule has 1 aromatic heterocycles. The maximum absolute atomic E-state index is 14.4. The minimum Gasteiger partial charge on any atom is -0.384 e. The molecule has 0 unspecified atom stereocenters. The van der Waals surface area contributed by atoms with Gasteiger partial charge in [0.15, 0.2) is 0 Å². The number of nitrogens with zero attached hydrogens (tertiary/aromatic N) is 3. The molecule has 1 fully saturated rings. The standard InChI is InChI=1S/C24H32FN5.3ClH/c1-15(2)26-12-17-5-4-6-19-21(17)24(13-27-19)7-9-30(10-8-24)23-20-16(3)11-18(25)22(20)28-14-29-23;;;/h4-6,14-16,18,26-27H,7-13H2,1-3H3;3*1H/t16-,18+;;;/m1.../s1. The summed E-state index contributed by atoms with van der Waals surface area (Å²) in [6, 6.07) is 7.12. The Kier molecular flexibility index (Phi) is 9.25. The highest BCUT2D eigenvalue weighted by molar-refractivity contribution is 5.86. The van der Waals surface area contributed by atoms with Gasteiger partial charge < -0.3 is 15.5 Å². The number of aromatic nitrogens is 2. The van der Waals surface area contributed by atoms with Crippen LogP contribution in [-0.2, 0) is 12.0 Å². The van der Waals surface area contributed by atoms with Crippen LogP contribution < -0.4 is 15.5 Å². The summed E-state index contributed by atoms with van der Waals surface area (Å²) in [4.78, 5) is 11.2. The number of nitrogens with one attached hydrogen (secondary N) is 2. The molecule has 2 aromatic rings. The Bertz CT molecular complexity index is 950. The van der Waals surface area contributed by atoms with Crippen molar-refractivity contribution in [3.63, 3.8) is 0 Å². The highest BCUT2D eigenvalue weighted by Crippen LogP contribution is 2.48. The van der Waals surface area contributed by atoms with Crippen LogP contribution in [0.4, 0.5) is 15.9 Å². The molecule has 1 saturated heterocycles. The summed E-state index contributed by atoms with van der Waals surface area (Å²) in [5, 5.41) is 7.27. The van der Waals surface area contributed by atoms with E-state index < -0.39 is 6.17 Å². The van der Waals surface area contributed by atoms with E-state index in [1.807, 2.05) is 0 Å². The predicted molar refractivity (Wildman–Crippen MR) is 141 cm³/mol. The second-order valence-electron chi connectivity index (χ2n) is 9.60. The molecule has 2 aliphatic heterocycles. The molecule has 1 aromatic carbocycles. The molecule has 1 aliphatic carbocycles. The van der Waals surface area contributed by atoms with Gasteiger partial charge in [-0.15, -0.1) is 37.2 Å². The fraction of sp³-hybridized carbons (Fsp3) is 0.583. The molecule has 0 radical (unpaired) electrons. The minimum atomic E-state index is -0.949. The third-order valence-electron chi connectivity index (χ3n) is 7.26. The van der Waals surface area contributed by atoms with E-state index in [-0.39, 0.29) is 48.6 Å². The van der Waals surface area contributed by atoms with E-state index in [2.05, 4.69) is 64.5 Å².